The molecule has 0 radical (unpaired) electrons. The predicted octanol–water partition coefficient (Wildman–Crippen LogP) is 3.48. The van der Waals surface area contributed by atoms with E-state index < -0.39 is 11.8 Å². The first kappa shape index (κ1) is 12.9. The van der Waals surface area contributed by atoms with Gasteiger partial charge in [0.05, 0.1) is 6.61 Å². The van der Waals surface area contributed by atoms with E-state index in [9.17, 15) is 9.18 Å². The molecule has 0 spiro atoms. The molecular formula is C14H17FO3. The summed E-state index contributed by atoms with van der Waals surface area (Å²) < 4.78 is 18.5. The highest BCUT2D eigenvalue weighted by atomic mass is 19.1. The number of carbonyl (C=O) groups is 1. The summed E-state index contributed by atoms with van der Waals surface area (Å²) in [4.78, 5) is 11.0. The summed E-state index contributed by atoms with van der Waals surface area (Å²) in [5.74, 6) is -0.967. The Kier molecular flexibility index (Phi) is 4.18. The van der Waals surface area contributed by atoms with Gasteiger partial charge in [0.15, 0.2) is 0 Å². The second-order valence-electron chi connectivity index (χ2n) is 4.76. The molecule has 1 saturated carbocycles. The lowest BCUT2D eigenvalue weighted by Crippen LogP contribution is -2.16. The number of carboxylic acids is 1. The Hall–Kier alpha value is -1.58. The number of rotatable bonds is 4. The highest BCUT2D eigenvalue weighted by Crippen LogP contribution is 2.26. The molecule has 98 valence electrons. The Morgan fingerprint density at radius 1 is 1.33 bits per heavy atom. The molecule has 2 rings (SSSR count). The van der Waals surface area contributed by atoms with E-state index in [2.05, 4.69) is 0 Å². The van der Waals surface area contributed by atoms with Gasteiger partial charge < -0.3 is 9.84 Å². The van der Waals surface area contributed by atoms with Crippen molar-refractivity contribution in [3.63, 3.8) is 0 Å². The van der Waals surface area contributed by atoms with Crippen molar-refractivity contribution in [2.24, 2.45) is 5.92 Å². The first-order valence-electron chi connectivity index (χ1n) is 6.32. The third-order valence-electron chi connectivity index (χ3n) is 3.37. The molecule has 0 saturated heterocycles. The summed E-state index contributed by atoms with van der Waals surface area (Å²) in [5, 5.41) is 8.98. The Balaban J connectivity index is 2.01. The average molecular weight is 252 g/mol. The molecule has 0 heterocycles. The Labute approximate surface area is 106 Å². The van der Waals surface area contributed by atoms with Crippen molar-refractivity contribution < 1.29 is 19.0 Å². The van der Waals surface area contributed by atoms with Gasteiger partial charge >= 0.3 is 5.97 Å². The van der Waals surface area contributed by atoms with Crippen molar-refractivity contribution in [2.75, 3.05) is 6.61 Å². The van der Waals surface area contributed by atoms with Crippen LogP contribution in [0.3, 0.4) is 0 Å². The van der Waals surface area contributed by atoms with Crippen LogP contribution in [0.1, 0.15) is 42.5 Å². The van der Waals surface area contributed by atoms with Crippen LogP contribution in [-0.2, 0) is 0 Å². The number of hydrogen-bond donors (Lipinski definition) is 1. The lowest BCUT2D eigenvalue weighted by atomic mass is 9.90. The fraction of sp³-hybridized carbons (Fsp3) is 0.500. The van der Waals surface area contributed by atoms with E-state index in [-0.39, 0.29) is 11.3 Å². The maximum atomic E-state index is 13.0. The SMILES string of the molecule is O=C(O)c1cc(F)ccc1OCC1CCCCC1. The van der Waals surface area contributed by atoms with Gasteiger partial charge in [-0.1, -0.05) is 19.3 Å². The van der Waals surface area contributed by atoms with Gasteiger partial charge in [-0.05, 0) is 37.0 Å². The molecule has 0 aliphatic heterocycles. The summed E-state index contributed by atoms with van der Waals surface area (Å²) in [6, 6.07) is 3.61. The lowest BCUT2D eigenvalue weighted by molar-refractivity contribution is 0.0690. The Morgan fingerprint density at radius 3 is 2.72 bits per heavy atom. The van der Waals surface area contributed by atoms with Crippen molar-refractivity contribution in [3.8, 4) is 5.75 Å². The smallest absolute Gasteiger partial charge is 0.339 e. The van der Waals surface area contributed by atoms with Crippen LogP contribution >= 0.6 is 0 Å². The zero-order valence-corrected chi connectivity index (χ0v) is 10.2. The highest BCUT2D eigenvalue weighted by molar-refractivity contribution is 5.90. The number of aromatic carboxylic acids is 1. The quantitative estimate of drug-likeness (QED) is 0.892. The normalized spacial score (nSPS) is 16.5. The molecule has 4 heteroatoms. The van der Waals surface area contributed by atoms with Gasteiger partial charge in [-0.3, -0.25) is 0 Å². The molecule has 0 amide bonds. The highest BCUT2D eigenvalue weighted by Gasteiger charge is 2.17. The second kappa shape index (κ2) is 5.85. The fourth-order valence-electron chi connectivity index (χ4n) is 2.36. The topological polar surface area (TPSA) is 46.5 Å². The van der Waals surface area contributed by atoms with Gasteiger partial charge in [-0.15, -0.1) is 0 Å². The van der Waals surface area contributed by atoms with E-state index in [1.807, 2.05) is 0 Å². The monoisotopic (exact) mass is 252 g/mol. The van der Waals surface area contributed by atoms with Gasteiger partial charge in [-0.2, -0.15) is 0 Å². The van der Waals surface area contributed by atoms with Crippen LogP contribution in [0, 0.1) is 11.7 Å². The minimum absolute atomic E-state index is 0.106. The minimum atomic E-state index is -1.16. The van der Waals surface area contributed by atoms with E-state index in [1.54, 1.807) is 0 Å². The van der Waals surface area contributed by atoms with E-state index in [4.69, 9.17) is 9.84 Å². The molecule has 1 aliphatic carbocycles. The van der Waals surface area contributed by atoms with Gasteiger partial charge in [0, 0.05) is 0 Å². The molecule has 3 nitrogen and oxygen atoms in total. The average Bonchev–Trinajstić information content (AvgIpc) is 2.38. The maximum absolute atomic E-state index is 13.0. The molecule has 0 atom stereocenters. The fourth-order valence-corrected chi connectivity index (χ4v) is 2.36. The molecule has 0 unspecified atom stereocenters. The van der Waals surface area contributed by atoms with Gasteiger partial charge in [-0.25, -0.2) is 9.18 Å². The first-order valence-corrected chi connectivity index (χ1v) is 6.32. The van der Waals surface area contributed by atoms with Crippen molar-refractivity contribution in [2.45, 2.75) is 32.1 Å². The zero-order chi connectivity index (χ0) is 13.0. The summed E-state index contributed by atoms with van der Waals surface area (Å²) in [6.07, 6.45) is 5.95. The molecule has 0 bridgehead atoms. The van der Waals surface area contributed by atoms with Crippen LogP contribution in [0.2, 0.25) is 0 Å². The predicted molar refractivity (Wildman–Crippen MR) is 65.4 cm³/mol. The number of hydrogen-bond acceptors (Lipinski definition) is 2. The van der Waals surface area contributed by atoms with E-state index in [1.165, 1.54) is 31.4 Å². The van der Waals surface area contributed by atoms with Crippen LogP contribution in [0.4, 0.5) is 4.39 Å². The zero-order valence-electron chi connectivity index (χ0n) is 10.2. The van der Waals surface area contributed by atoms with Crippen molar-refractivity contribution >= 4 is 5.97 Å². The number of benzene rings is 1. The molecule has 1 aromatic carbocycles. The van der Waals surface area contributed by atoms with Gasteiger partial charge in [0.2, 0.25) is 0 Å². The summed E-state index contributed by atoms with van der Waals surface area (Å²) >= 11 is 0. The Morgan fingerprint density at radius 2 is 2.06 bits per heavy atom. The third kappa shape index (κ3) is 3.22. The van der Waals surface area contributed by atoms with Gasteiger partial charge in [0.25, 0.3) is 0 Å². The van der Waals surface area contributed by atoms with E-state index >= 15 is 0 Å². The van der Waals surface area contributed by atoms with Crippen molar-refractivity contribution in [1.82, 2.24) is 0 Å². The van der Waals surface area contributed by atoms with E-state index in [0.29, 0.717) is 12.5 Å². The number of ether oxygens (including phenoxy) is 1. The summed E-state index contributed by atoms with van der Waals surface area (Å²) in [5.41, 5.74) is -0.106. The van der Waals surface area contributed by atoms with E-state index in [0.717, 1.165) is 18.9 Å². The minimum Gasteiger partial charge on any atom is -0.492 e. The van der Waals surface area contributed by atoms with Crippen LogP contribution in [0.25, 0.3) is 0 Å². The second-order valence-corrected chi connectivity index (χ2v) is 4.76. The molecule has 1 aromatic rings. The summed E-state index contributed by atoms with van der Waals surface area (Å²) in [6.45, 7) is 0.520. The van der Waals surface area contributed by atoms with Crippen LogP contribution in [0.15, 0.2) is 18.2 Å². The molecule has 1 fully saturated rings. The summed E-state index contributed by atoms with van der Waals surface area (Å²) in [7, 11) is 0. The largest absolute Gasteiger partial charge is 0.492 e. The maximum Gasteiger partial charge on any atom is 0.339 e. The Bertz CT molecular complexity index is 425. The molecule has 1 N–H and O–H groups in total. The van der Waals surface area contributed by atoms with Crippen LogP contribution in [0.5, 0.6) is 5.75 Å². The number of halogens is 1. The molecular weight excluding hydrogens is 235 g/mol. The van der Waals surface area contributed by atoms with Crippen LogP contribution in [-0.4, -0.2) is 17.7 Å². The number of carboxylic acid groups (broad SMARTS) is 1. The van der Waals surface area contributed by atoms with Crippen LogP contribution < -0.4 is 4.74 Å². The molecule has 0 aromatic heterocycles. The third-order valence-corrected chi connectivity index (χ3v) is 3.37. The van der Waals surface area contributed by atoms with Crippen molar-refractivity contribution in [1.29, 1.82) is 0 Å². The van der Waals surface area contributed by atoms with Gasteiger partial charge in [0.1, 0.15) is 17.1 Å². The standard InChI is InChI=1S/C14H17FO3/c15-11-6-7-13(12(8-11)14(16)17)18-9-10-4-2-1-3-5-10/h6-8,10H,1-5,9H2,(H,16,17). The first-order chi connectivity index (χ1) is 8.66. The molecule has 18 heavy (non-hydrogen) atoms. The molecule has 1 aliphatic rings. The van der Waals surface area contributed by atoms with Crippen molar-refractivity contribution in [3.05, 3.63) is 29.6 Å². The lowest BCUT2D eigenvalue weighted by Gasteiger charge is -2.22.